The lowest BCUT2D eigenvalue weighted by Gasteiger charge is -2.34. The van der Waals surface area contributed by atoms with Crippen LogP contribution >= 0.6 is 11.8 Å². The molecule has 344 valence electrons. The molecule has 0 unspecified atom stereocenters. The third-order valence-corrected chi connectivity index (χ3v) is 11.4. The number of hydrogen-bond donors (Lipinski definition) is 5. The van der Waals surface area contributed by atoms with E-state index in [0.717, 1.165) is 5.56 Å². The molecule has 64 heavy (non-hydrogen) atoms. The molecule has 0 spiro atoms. The van der Waals surface area contributed by atoms with Gasteiger partial charge in [-0.3, -0.25) is 19.2 Å². The van der Waals surface area contributed by atoms with Crippen LogP contribution in [0.5, 0.6) is 0 Å². The number of carbonyl (C=O) groups excluding carboxylic acids is 5. The van der Waals surface area contributed by atoms with Crippen LogP contribution in [-0.4, -0.2) is 111 Å². The Labute approximate surface area is 378 Å². The van der Waals surface area contributed by atoms with E-state index >= 15 is 4.39 Å². The first-order valence-electron chi connectivity index (χ1n) is 21.4. The van der Waals surface area contributed by atoms with Gasteiger partial charge >= 0.3 is 6.09 Å². The Balaban J connectivity index is 1.23. The van der Waals surface area contributed by atoms with Crippen LogP contribution < -0.4 is 26.6 Å². The molecule has 1 aliphatic heterocycles. The molecule has 5 amide bonds. The van der Waals surface area contributed by atoms with Crippen LogP contribution in [0, 0.1) is 11.7 Å². The van der Waals surface area contributed by atoms with Gasteiger partial charge in [-0.25, -0.2) is 9.78 Å². The summed E-state index contributed by atoms with van der Waals surface area (Å²) in [5.74, 6) is -2.11. The minimum absolute atomic E-state index is 0.0515. The Bertz CT molecular complexity index is 2340. The van der Waals surface area contributed by atoms with Crippen molar-refractivity contribution >= 4 is 70.0 Å². The summed E-state index contributed by atoms with van der Waals surface area (Å²) in [5.41, 5.74) is 2.50. The van der Waals surface area contributed by atoms with Gasteiger partial charge in [0, 0.05) is 59.1 Å². The number of alkyl carbamates (subject to hydrolysis) is 1. The first-order chi connectivity index (χ1) is 30.2. The number of carbonyl (C=O) groups is 5. The number of aromatic nitrogens is 3. The van der Waals surface area contributed by atoms with E-state index in [4.69, 9.17) is 9.72 Å². The molecule has 0 saturated carbocycles. The second kappa shape index (κ2) is 21.6. The number of likely N-dealkylation sites (tertiary alicyclic amines) is 1. The van der Waals surface area contributed by atoms with Gasteiger partial charge in [0.25, 0.3) is 5.91 Å². The molecule has 2 aromatic carbocycles. The molecule has 3 heterocycles. The molecule has 0 bridgehead atoms. The summed E-state index contributed by atoms with van der Waals surface area (Å²) < 4.78 is 23.4. The average molecular weight is 901 g/mol. The third-order valence-electron chi connectivity index (χ3n) is 10.1. The van der Waals surface area contributed by atoms with E-state index in [1.54, 1.807) is 107 Å². The lowest BCUT2D eigenvalue weighted by molar-refractivity contribution is -0.137. The van der Waals surface area contributed by atoms with Gasteiger partial charge in [-0.2, -0.15) is 14.0 Å². The summed E-state index contributed by atoms with van der Waals surface area (Å²) in [6.45, 7) is 15.9. The van der Waals surface area contributed by atoms with Gasteiger partial charge in [0.05, 0.1) is 6.20 Å². The van der Waals surface area contributed by atoms with E-state index < -0.39 is 35.5 Å². The number of fused-ring (bicyclic) bond motifs is 1. The van der Waals surface area contributed by atoms with Crippen molar-refractivity contribution in [3.05, 3.63) is 83.8 Å². The number of nitrogens with one attached hydrogen (secondary N) is 5. The molecule has 4 aromatic rings. The first kappa shape index (κ1) is 49.0. The topological polar surface area (TPSA) is 191 Å². The van der Waals surface area contributed by atoms with Crippen molar-refractivity contribution in [1.29, 1.82) is 0 Å². The van der Waals surface area contributed by atoms with Crippen molar-refractivity contribution in [2.75, 3.05) is 49.7 Å². The number of hydrogen-bond acceptors (Lipinski definition) is 11. The Morgan fingerprint density at radius 2 is 1.61 bits per heavy atom. The first-order valence-corrected chi connectivity index (χ1v) is 22.3. The van der Waals surface area contributed by atoms with E-state index in [9.17, 15) is 24.0 Å². The number of likely N-dealkylation sites (N-methyl/N-ethyl adjacent to an activating group) is 1. The van der Waals surface area contributed by atoms with Gasteiger partial charge in [-0.15, -0.1) is 0 Å². The predicted octanol–water partition coefficient (Wildman–Crippen LogP) is 7.18. The van der Waals surface area contributed by atoms with Crippen LogP contribution in [0.15, 0.2) is 71.9 Å². The molecule has 18 heteroatoms. The van der Waals surface area contributed by atoms with Gasteiger partial charge in [0.2, 0.25) is 17.7 Å². The number of piperidine rings is 1. The Morgan fingerprint density at radius 1 is 0.938 bits per heavy atom. The largest absolute Gasteiger partial charge is 0.444 e. The zero-order valence-electron chi connectivity index (χ0n) is 38.2. The molecule has 5 rings (SSSR count). The highest BCUT2D eigenvalue weighted by Crippen LogP contribution is 2.36. The maximum absolute atomic E-state index is 16.7. The summed E-state index contributed by atoms with van der Waals surface area (Å²) >= 11 is 1.31. The maximum Gasteiger partial charge on any atom is 0.408 e. The molecule has 1 fully saturated rings. The number of halogens is 1. The van der Waals surface area contributed by atoms with E-state index in [-0.39, 0.29) is 45.7 Å². The summed E-state index contributed by atoms with van der Waals surface area (Å²) in [4.78, 5) is 73.0. The van der Waals surface area contributed by atoms with Crippen molar-refractivity contribution in [2.45, 2.75) is 102 Å². The number of ether oxygens (including phenoxy) is 1. The molecule has 0 aliphatic carbocycles. The number of amides is 5. The molecule has 5 N–H and O–H groups in total. The summed E-state index contributed by atoms with van der Waals surface area (Å²) in [5, 5.41) is 18.8. The standard InChI is InChI=1S/C46H61FN10O6S/c1-27(2)35-26-48-57-39(35)54-43(64-34-20-23-56(24-21-34)44(61)29(5)49-42(60)38(28(3)4)53-45(62)63-46(6,7)8)37(47)40(57)51-32-13-11-14-33(25-32)52-41(59)30-16-18-31(19-17-30)50-36(58)15-12-22-55(9)10/h11-19,25-29,34,38,51H,20-24H2,1-10H3,(H,49,60)(H,50,58)(H,52,59)(H,53,62)/b15-12+/t29-,38-/m0/s1. The number of benzene rings is 2. The summed E-state index contributed by atoms with van der Waals surface area (Å²) in [7, 11) is 3.82. The van der Waals surface area contributed by atoms with Crippen LogP contribution in [0.2, 0.25) is 0 Å². The molecule has 16 nitrogen and oxygen atoms in total. The van der Waals surface area contributed by atoms with Crippen LogP contribution in [-0.2, 0) is 19.1 Å². The lowest BCUT2D eigenvalue weighted by Crippen LogP contribution is -2.56. The quantitative estimate of drug-likeness (QED) is 0.0566. The Kier molecular flexibility index (Phi) is 16.5. The zero-order valence-corrected chi connectivity index (χ0v) is 39.1. The fourth-order valence-corrected chi connectivity index (χ4v) is 7.90. The van der Waals surface area contributed by atoms with Crippen molar-refractivity contribution in [3.63, 3.8) is 0 Å². The Hall–Kier alpha value is -6.01. The minimum Gasteiger partial charge on any atom is -0.444 e. The predicted molar refractivity (Wildman–Crippen MR) is 249 cm³/mol. The fourth-order valence-electron chi connectivity index (χ4n) is 6.80. The highest BCUT2D eigenvalue weighted by molar-refractivity contribution is 7.99. The van der Waals surface area contributed by atoms with Gasteiger partial charge in [-0.05, 0) is 109 Å². The number of anilines is 4. The summed E-state index contributed by atoms with van der Waals surface area (Å²) in [6.07, 6.45) is 5.30. The monoisotopic (exact) mass is 900 g/mol. The van der Waals surface area contributed by atoms with Crippen molar-refractivity contribution < 1.29 is 33.1 Å². The highest BCUT2D eigenvalue weighted by atomic mass is 32.2. The third kappa shape index (κ3) is 13.5. The molecule has 1 saturated heterocycles. The van der Waals surface area contributed by atoms with E-state index in [1.807, 2.05) is 32.8 Å². The number of thioether (sulfide) groups is 1. The maximum atomic E-state index is 16.7. The van der Waals surface area contributed by atoms with Gasteiger partial charge in [0.15, 0.2) is 17.3 Å². The molecule has 2 atom stereocenters. The molecule has 1 aliphatic rings. The summed E-state index contributed by atoms with van der Waals surface area (Å²) in [6, 6.07) is 11.7. The lowest BCUT2D eigenvalue weighted by atomic mass is 10.0. The van der Waals surface area contributed by atoms with Crippen molar-refractivity contribution in [3.8, 4) is 0 Å². The van der Waals surface area contributed by atoms with Gasteiger partial charge in [-0.1, -0.05) is 51.6 Å². The smallest absolute Gasteiger partial charge is 0.408 e. The van der Waals surface area contributed by atoms with Crippen LogP contribution in [0.25, 0.3) is 5.65 Å². The van der Waals surface area contributed by atoms with Gasteiger partial charge < -0.3 is 41.1 Å². The average Bonchev–Trinajstić information content (AvgIpc) is 3.65. The molecule has 0 radical (unpaired) electrons. The SMILES string of the molecule is CC(C)c1cnn2c(Nc3cccc(NC(=O)c4ccc(NC(=O)/C=C/CN(C)C)cc4)c3)c(F)c(SC3CCN(C(=O)[C@H](C)NC(=O)[C@@H](NC(=O)OC(C)(C)C)C(C)C)CC3)nc12. The molecule has 2 aromatic heterocycles. The molecular formula is C46H61FN10O6S. The second-order valence-corrected chi connectivity index (χ2v) is 19.0. The normalized spacial score (nSPS) is 14.5. The minimum atomic E-state index is -0.901. The Morgan fingerprint density at radius 3 is 2.23 bits per heavy atom. The van der Waals surface area contributed by atoms with Gasteiger partial charge in [0.1, 0.15) is 22.7 Å². The van der Waals surface area contributed by atoms with E-state index in [1.165, 1.54) is 22.4 Å². The number of nitrogens with zero attached hydrogens (tertiary/aromatic N) is 5. The highest BCUT2D eigenvalue weighted by Gasteiger charge is 2.33. The second-order valence-electron chi connectivity index (χ2n) is 17.7. The van der Waals surface area contributed by atoms with Crippen LogP contribution in [0.1, 0.15) is 90.1 Å². The van der Waals surface area contributed by atoms with E-state index in [2.05, 4.69) is 31.7 Å². The van der Waals surface area contributed by atoms with Crippen LogP contribution in [0.3, 0.4) is 0 Å². The van der Waals surface area contributed by atoms with Crippen molar-refractivity contribution in [2.24, 2.45) is 5.92 Å². The van der Waals surface area contributed by atoms with Crippen molar-refractivity contribution in [1.82, 2.24) is 35.0 Å². The zero-order chi connectivity index (χ0) is 46.9. The van der Waals surface area contributed by atoms with Crippen LogP contribution in [0.4, 0.5) is 32.1 Å². The molecular weight excluding hydrogens is 840 g/mol. The van der Waals surface area contributed by atoms with E-state index in [0.29, 0.717) is 60.7 Å². The number of rotatable bonds is 16. The fraction of sp³-hybridized carbons (Fsp3) is 0.457.